The maximum absolute atomic E-state index is 13.0. The van der Waals surface area contributed by atoms with Gasteiger partial charge in [-0.25, -0.2) is 9.59 Å². The minimum atomic E-state index is -0.781. The third kappa shape index (κ3) is 5.93. The van der Waals surface area contributed by atoms with Crippen molar-refractivity contribution in [3.63, 3.8) is 0 Å². The first-order valence-electron chi connectivity index (χ1n) is 10.6. The molecule has 0 radical (unpaired) electrons. The Hall–Kier alpha value is -3.76. The van der Waals surface area contributed by atoms with E-state index in [-0.39, 0.29) is 35.9 Å². The van der Waals surface area contributed by atoms with Gasteiger partial charge >= 0.3 is 11.7 Å². The van der Waals surface area contributed by atoms with Crippen molar-refractivity contribution in [2.75, 3.05) is 38.0 Å². The second kappa shape index (κ2) is 11.7. The van der Waals surface area contributed by atoms with Crippen molar-refractivity contribution in [2.24, 2.45) is 0 Å². The standard InChI is InChI=1S/C22H30N4O7/c1-5-7-11-25(18-19(23)26(10-6-2)22(30)24-20(18)28)17(27)13-33-21(29)15-9-8-14(31-3)12-16(15)32-4/h8-9,12H,5-7,10-11,13,23H2,1-4H3,(H,24,28,30). The van der Waals surface area contributed by atoms with Crippen molar-refractivity contribution in [3.8, 4) is 11.5 Å². The molecule has 2 aromatic rings. The van der Waals surface area contributed by atoms with Crippen molar-refractivity contribution >= 4 is 23.4 Å². The van der Waals surface area contributed by atoms with Gasteiger partial charge in [0.15, 0.2) is 12.3 Å². The monoisotopic (exact) mass is 462 g/mol. The minimum absolute atomic E-state index is 0.111. The average Bonchev–Trinajstić information content (AvgIpc) is 2.81. The number of rotatable bonds is 11. The molecular weight excluding hydrogens is 432 g/mol. The number of anilines is 2. The fraction of sp³-hybridized carbons (Fsp3) is 0.455. The number of benzene rings is 1. The minimum Gasteiger partial charge on any atom is -0.497 e. The molecule has 0 fully saturated rings. The van der Waals surface area contributed by atoms with Gasteiger partial charge in [0.2, 0.25) is 0 Å². The van der Waals surface area contributed by atoms with Crippen LogP contribution in [-0.4, -0.2) is 48.8 Å². The van der Waals surface area contributed by atoms with Crippen LogP contribution in [0.25, 0.3) is 0 Å². The summed E-state index contributed by atoms with van der Waals surface area (Å²) in [7, 11) is 2.87. The van der Waals surface area contributed by atoms with Crippen molar-refractivity contribution < 1.29 is 23.8 Å². The Balaban J connectivity index is 2.31. The number of carbonyl (C=O) groups excluding carboxylic acids is 2. The lowest BCUT2D eigenvalue weighted by atomic mass is 10.2. The van der Waals surface area contributed by atoms with E-state index in [0.29, 0.717) is 18.6 Å². The first-order chi connectivity index (χ1) is 15.8. The molecule has 0 spiro atoms. The third-order valence-corrected chi connectivity index (χ3v) is 4.92. The van der Waals surface area contributed by atoms with Gasteiger partial charge < -0.3 is 24.8 Å². The molecule has 0 aliphatic carbocycles. The second-order valence-electron chi connectivity index (χ2n) is 7.19. The van der Waals surface area contributed by atoms with E-state index in [9.17, 15) is 19.2 Å². The molecule has 0 bridgehead atoms. The summed E-state index contributed by atoms with van der Waals surface area (Å²) in [5.74, 6) is -0.832. The summed E-state index contributed by atoms with van der Waals surface area (Å²) in [6.07, 6.45) is 1.90. The van der Waals surface area contributed by atoms with E-state index < -0.39 is 29.7 Å². The van der Waals surface area contributed by atoms with Gasteiger partial charge in [-0.05, 0) is 25.0 Å². The normalized spacial score (nSPS) is 10.5. The van der Waals surface area contributed by atoms with Gasteiger partial charge in [0.25, 0.3) is 11.5 Å². The van der Waals surface area contributed by atoms with Gasteiger partial charge in [0.1, 0.15) is 22.9 Å². The van der Waals surface area contributed by atoms with E-state index in [2.05, 4.69) is 4.98 Å². The topological polar surface area (TPSA) is 146 Å². The predicted octanol–water partition coefficient (Wildman–Crippen LogP) is 1.54. The Kier molecular flexibility index (Phi) is 9.08. The SMILES string of the molecule is CCCCN(C(=O)COC(=O)c1ccc(OC)cc1OC)c1c(N)n(CCC)c(=O)[nH]c1=O. The number of methoxy groups -OCH3 is 2. The summed E-state index contributed by atoms with van der Waals surface area (Å²) in [6, 6.07) is 4.54. The number of unbranched alkanes of at least 4 members (excludes halogenated alkanes) is 1. The number of esters is 1. The Labute approximate surface area is 191 Å². The van der Waals surface area contributed by atoms with Gasteiger partial charge in [-0.1, -0.05) is 20.3 Å². The lowest BCUT2D eigenvalue weighted by Gasteiger charge is -2.24. The number of nitrogens with zero attached hydrogens (tertiary/aromatic N) is 2. The molecule has 0 unspecified atom stereocenters. The Morgan fingerprint density at radius 3 is 2.45 bits per heavy atom. The Morgan fingerprint density at radius 1 is 1.12 bits per heavy atom. The summed E-state index contributed by atoms with van der Waals surface area (Å²) in [6.45, 7) is 3.57. The van der Waals surface area contributed by atoms with Crippen molar-refractivity contribution in [1.29, 1.82) is 0 Å². The van der Waals surface area contributed by atoms with Gasteiger partial charge in [0.05, 0.1) is 14.2 Å². The fourth-order valence-electron chi connectivity index (χ4n) is 3.21. The van der Waals surface area contributed by atoms with Crippen LogP contribution in [0.4, 0.5) is 11.5 Å². The van der Waals surface area contributed by atoms with Crippen LogP contribution >= 0.6 is 0 Å². The number of aromatic nitrogens is 2. The number of hydrogen-bond acceptors (Lipinski definition) is 8. The number of aromatic amines is 1. The highest BCUT2D eigenvalue weighted by molar-refractivity contribution is 5.99. The van der Waals surface area contributed by atoms with Gasteiger partial charge in [-0.2, -0.15) is 0 Å². The van der Waals surface area contributed by atoms with Crippen molar-refractivity contribution in [1.82, 2.24) is 9.55 Å². The maximum atomic E-state index is 13.0. The van der Waals surface area contributed by atoms with Crippen molar-refractivity contribution in [2.45, 2.75) is 39.7 Å². The molecule has 3 N–H and O–H groups in total. The van der Waals surface area contributed by atoms with Crippen molar-refractivity contribution in [3.05, 3.63) is 44.6 Å². The molecule has 1 heterocycles. The van der Waals surface area contributed by atoms with Crippen LogP contribution in [0.1, 0.15) is 43.5 Å². The lowest BCUT2D eigenvalue weighted by molar-refractivity contribution is -0.121. The molecule has 1 aromatic heterocycles. The Bertz CT molecular complexity index is 1110. The van der Waals surface area contributed by atoms with E-state index in [1.807, 2.05) is 13.8 Å². The molecule has 0 aliphatic heterocycles. The maximum Gasteiger partial charge on any atom is 0.342 e. The molecule has 0 atom stereocenters. The van der Waals surface area contributed by atoms with Gasteiger partial charge in [-0.15, -0.1) is 0 Å². The molecule has 11 nitrogen and oxygen atoms in total. The number of H-pyrrole nitrogens is 1. The fourth-order valence-corrected chi connectivity index (χ4v) is 3.21. The first kappa shape index (κ1) is 25.5. The number of nitrogen functional groups attached to an aromatic ring is 1. The van der Waals surface area contributed by atoms with Crippen LogP contribution in [0.2, 0.25) is 0 Å². The number of amides is 1. The molecule has 33 heavy (non-hydrogen) atoms. The Morgan fingerprint density at radius 2 is 1.85 bits per heavy atom. The molecular formula is C22H30N4O7. The van der Waals surface area contributed by atoms with Crippen LogP contribution in [0.3, 0.4) is 0 Å². The molecule has 1 aromatic carbocycles. The van der Waals surface area contributed by atoms with Crippen LogP contribution < -0.4 is 31.4 Å². The molecule has 180 valence electrons. The largest absolute Gasteiger partial charge is 0.497 e. The first-order valence-corrected chi connectivity index (χ1v) is 10.6. The van der Waals surface area contributed by atoms with E-state index >= 15 is 0 Å². The summed E-state index contributed by atoms with van der Waals surface area (Å²) in [4.78, 5) is 53.6. The second-order valence-corrected chi connectivity index (χ2v) is 7.19. The zero-order chi connectivity index (χ0) is 24.5. The lowest BCUT2D eigenvalue weighted by Crippen LogP contribution is -2.43. The zero-order valence-electron chi connectivity index (χ0n) is 19.3. The number of nitrogens with one attached hydrogen (secondary N) is 1. The van der Waals surface area contributed by atoms with Crippen LogP contribution in [-0.2, 0) is 16.1 Å². The molecule has 0 saturated heterocycles. The third-order valence-electron chi connectivity index (χ3n) is 4.92. The van der Waals surface area contributed by atoms with E-state index in [4.69, 9.17) is 19.9 Å². The van der Waals surface area contributed by atoms with E-state index in [1.165, 1.54) is 30.9 Å². The van der Waals surface area contributed by atoms with Gasteiger partial charge in [0, 0.05) is 19.2 Å². The zero-order valence-corrected chi connectivity index (χ0v) is 19.3. The van der Waals surface area contributed by atoms with Crippen LogP contribution in [0.5, 0.6) is 11.5 Å². The van der Waals surface area contributed by atoms with Crippen LogP contribution in [0, 0.1) is 0 Å². The summed E-state index contributed by atoms with van der Waals surface area (Å²) >= 11 is 0. The highest BCUT2D eigenvalue weighted by Gasteiger charge is 2.25. The molecule has 2 rings (SSSR count). The summed E-state index contributed by atoms with van der Waals surface area (Å²) in [5, 5.41) is 0. The summed E-state index contributed by atoms with van der Waals surface area (Å²) < 4.78 is 16.7. The summed E-state index contributed by atoms with van der Waals surface area (Å²) in [5.41, 5.74) is 4.65. The highest BCUT2D eigenvalue weighted by Crippen LogP contribution is 2.25. The average molecular weight is 463 g/mol. The van der Waals surface area contributed by atoms with Gasteiger partial charge in [-0.3, -0.25) is 19.1 Å². The smallest absolute Gasteiger partial charge is 0.342 e. The molecule has 1 amide bonds. The van der Waals surface area contributed by atoms with Crippen LogP contribution in [0.15, 0.2) is 27.8 Å². The number of ether oxygens (including phenoxy) is 3. The molecule has 11 heteroatoms. The number of nitrogens with two attached hydrogens (primary N) is 1. The molecule has 0 saturated carbocycles. The number of carbonyl (C=O) groups is 2. The van der Waals surface area contributed by atoms with E-state index in [1.54, 1.807) is 6.07 Å². The quantitative estimate of drug-likeness (QED) is 0.478. The number of hydrogen-bond donors (Lipinski definition) is 2. The molecule has 0 aliphatic rings. The highest BCUT2D eigenvalue weighted by atomic mass is 16.5. The van der Waals surface area contributed by atoms with E-state index in [0.717, 1.165) is 11.3 Å². The predicted molar refractivity (Wildman–Crippen MR) is 123 cm³/mol.